The summed E-state index contributed by atoms with van der Waals surface area (Å²) in [7, 11) is 0. The number of anilines is 1. The van der Waals surface area contributed by atoms with Crippen LogP contribution in [-0.2, 0) is 10.2 Å². The second-order valence-electron chi connectivity index (χ2n) is 4.87. The summed E-state index contributed by atoms with van der Waals surface area (Å²) in [5, 5.41) is 0. The molecule has 102 valence electrons. The van der Waals surface area contributed by atoms with Crippen LogP contribution in [-0.4, -0.2) is 18.6 Å². The van der Waals surface area contributed by atoms with Crippen LogP contribution in [0.15, 0.2) is 16.6 Å². The Hall–Kier alpha value is -1.11. The maximum Gasteiger partial charge on any atom is 0.406 e. The van der Waals surface area contributed by atoms with E-state index in [0.29, 0.717) is 22.2 Å². The number of halogens is 5. The minimum atomic E-state index is -4.51. The number of nitrogens with zero attached hydrogens (tertiary/aromatic N) is 1. The van der Waals surface area contributed by atoms with Crippen molar-refractivity contribution in [3.05, 3.63) is 28.0 Å². The molecule has 1 fully saturated rings. The smallest absolute Gasteiger partial charge is 0.302 e. The number of alkyl halides is 3. The number of carbonyl (C=O) groups excluding carboxylic acids is 1. The molecule has 0 aromatic heterocycles. The van der Waals surface area contributed by atoms with Crippen molar-refractivity contribution in [2.75, 3.05) is 11.4 Å². The van der Waals surface area contributed by atoms with Crippen molar-refractivity contribution < 1.29 is 22.4 Å². The van der Waals surface area contributed by atoms with E-state index < -0.39 is 29.9 Å². The van der Waals surface area contributed by atoms with Crippen molar-refractivity contribution in [1.29, 1.82) is 0 Å². The Morgan fingerprint density at radius 2 is 1.95 bits per heavy atom. The first-order valence-electron chi connectivity index (χ1n) is 5.63. The molecule has 0 atom stereocenters. The highest BCUT2D eigenvalue weighted by Crippen LogP contribution is 2.58. The summed E-state index contributed by atoms with van der Waals surface area (Å²) in [6.45, 7) is -1.38. The lowest BCUT2D eigenvalue weighted by atomic mass is 9.97. The molecule has 0 radical (unpaired) electrons. The van der Waals surface area contributed by atoms with E-state index in [1.165, 1.54) is 12.1 Å². The molecule has 0 bridgehead atoms. The molecule has 1 saturated carbocycles. The van der Waals surface area contributed by atoms with Gasteiger partial charge < -0.3 is 4.90 Å². The predicted molar refractivity (Wildman–Crippen MR) is 63.4 cm³/mol. The fourth-order valence-corrected chi connectivity index (χ4v) is 3.06. The van der Waals surface area contributed by atoms with Gasteiger partial charge in [-0.05, 0) is 25.0 Å². The Bertz CT molecular complexity index is 580. The summed E-state index contributed by atoms with van der Waals surface area (Å²) in [6, 6.07) is 2.55. The molecule has 0 unspecified atom stereocenters. The Kier molecular flexibility index (Phi) is 2.52. The fraction of sp³-hybridized carbons (Fsp3) is 0.417. The number of hydrogen-bond acceptors (Lipinski definition) is 1. The monoisotopic (exact) mass is 337 g/mol. The second-order valence-corrected chi connectivity index (χ2v) is 5.79. The largest absolute Gasteiger partial charge is 0.406 e. The Morgan fingerprint density at radius 3 is 2.47 bits per heavy atom. The lowest BCUT2D eigenvalue weighted by Crippen LogP contribution is -2.39. The lowest BCUT2D eigenvalue weighted by Gasteiger charge is -2.19. The third kappa shape index (κ3) is 1.86. The summed E-state index contributed by atoms with van der Waals surface area (Å²) >= 11 is 3.04. The number of rotatable bonds is 1. The Balaban J connectivity index is 2.14. The highest BCUT2D eigenvalue weighted by molar-refractivity contribution is 9.10. The van der Waals surface area contributed by atoms with Crippen molar-refractivity contribution >= 4 is 27.5 Å². The molecular weight excluding hydrogens is 330 g/mol. The normalized spacial score (nSPS) is 20.1. The van der Waals surface area contributed by atoms with Gasteiger partial charge in [0.15, 0.2) is 0 Å². The first-order chi connectivity index (χ1) is 8.74. The minimum Gasteiger partial charge on any atom is -0.302 e. The highest BCUT2D eigenvalue weighted by Gasteiger charge is 2.61. The number of carbonyl (C=O) groups is 1. The molecule has 1 aromatic carbocycles. The zero-order valence-electron chi connectivity index (χ0n) is 9.52. The number of amides is 1. The summed E-state index contributed by atoms with van der Waals surface area (Å²) < 4.78 is 51.9. The summed E-state index contributed by atoms with van der Waals surface area (Å²) in [5.41, 5.74) is -0.901. The van der Waals surface area contributed by atoms with Gasteiger partial charge in [0.25, 0.3) is 0 Å². The van der Waals surface area contributed by atoms with Gasteiger partial charge in [0.2, 0.25) is 5.91 Å². The van der Waals surface area contributed by atoms with E-state index in [0.717, 1.165) is 0 Å². The van der Waals surface area contributed by atoms with Crippen molar-refractivity contribution in [3.8, 4) is 0 Å². The first kappa shape index (κ1) is 12.9. The predicted octanol–water partition coefficient (Wildman–Crippen LogP) is 3.53. The van der Waals surface area contributed by atoms with E-state index in [1.807, 2.05) is 0 Å². The average Bonchev–Trinajstić information content (AvgIpc) is 3.00. The maximum absolute atomic E-state index is 14.0. The molecule has 1 aliphatic carbocycles. The van der Waals surface area contributed by atoms with Crippen LogP contribution in [0.4, 0.5) is 23.2 Å². The molecule has 7 heteroatoms. The van der Waals surface area contributed by atoms with Crippen LogP contribution in [0.1, 0.15) is 18.4 Å². The first-order valence-corrected chi connectivity index (χ1v) is 6.42. The zero-order chi connectivity index (χ0) is 14.0. The molecule has 1 aromatic rings. The molecule has 1 spiro atoms. The number of benzene rings is 1. The molecule has 3 rings (SSSR count). The van der Waals surface area contributed by atoms with Gasteiger partial charge in [0.05, 0.1) is 11.1 Å². The SMILES string of the molecule is O=C1N(CC(F)(F)F)c2cc(Br)cc(F)c2C12CC2. The topological polar surface area (TPSA) is 20.3 Å². The van der Waals surface area contributed by atoms with Gasteiger partial charge in [0, 0.05) is 10.0 Å². The molecule has 1 amide bonds. The third-order valence-electron chi connectivity index (χ3n) is 3.55. The minimum absolute atomic E-state index is 0.0340. The molecule has 1 aliphatic heterocycles. The second kappa shape index (κ2) is 3.71. The Labute approximate surface area is 114 Å². The molecule has 19 heavy (non-hydrogen) atoms. The number of hydrogen-bond donors (Lipinski definition) is 0. The van der Waals surface area contributed by atoms with Crippen molar-refractivity contribution in [3.63, 3.8) is 0 Å². The molecular formula is C12H8BrF4NO. The van der Waals surface area contributed by atoms with Crippen LogP contribution in [0.3, 0.4) is 0 Å². The van der Waals surface area contributed by atoms with Gasteiger partial charge in [-0.15, -0.1) is 0 Å². The van der Waals surface area contributed by atoms with Gasteiger partial charge in [-0.2, -0.15) is 13.2 Å². The summed E-state index contributed by atoms with van der Waals surface area (Å²) in [4.78, 5) is 12.8. The van der Waals surface area contributed by atoms with Crippen LogP contribution >= 0.6 is 15.9 Å². The van der Waals surface area contributed by atoms with E-state index in [-0.39, 0.29) is 11.3 Å². The molecule has 1 heterocycles. The number of fused-ring (bicyclic) bond motifs is 2. The lowest BCUT2D eigenvalue weighted by molar-refractivity contribution is -0.132. The van der Waals surface area contributed by atoms with E-state index in [1.54, 1.807) is 0 Å². The van der Waals surface area contributed by atoms with Gasteiger partial charge in [-0.3, -0.25) is 4.79 Å². The van der Waals surface area contributed by atoms with Crippen molar-refractivity contribution in [2.45, 2.75) is 24.4 Å². The van der Waals surface area contributed by atoms with Crippen LogP contribution in [0.5, 0.6) is 0 Å². The molecule has 0 N–H and O–H groups in total. The van der Waals surface area contributed by atoms with E-state index >= 15 is 0 Å². The van der Waals surface area contributed by atoms with E-state index in [4.69, 9.17) is 0 Å². The van der Waals surface area contributed by atoms with Gasteiger partial charge >= 0.3 is 6.18 Å². The van der Waals surface area contributed by atoms with Crippen LogP contribution in [0.2, 0.25) is 0 Å². The quantitative estimate of drug-likeness (QED) is 0.718. The molecule has 2 aliphatic rings. The van der Waals surface area contributed by atoms with Crippen LogP contribution in [0.25, 0.3) is 0 Å². The molecule has 2 nitrogen and oxygen atoms in total. The molecule has 0 saturated heterocycles. The van der Waals surface area contributed by atoms with Gasteiger partial charge in [-0.1, -0.05) is 15.9 Å². The average molecular weight is 338 g/mol. The van der Waals surface area contributed by atoms with Crippen LogP contribution in [0, 0.1) is 5.82 Å². The van der Waals surface area contributed by atoms with Gasteiger partial charge in [0.1, 0.15) is 12.4 Å². The van der Waals surface area contributed by atoms with Gasteiger partial charge in [-0.25, -0.2) is 4.39 Å². The third-order valence-corrected chi connectivity index (χ3v) is 4.00. The Morgan fingerprint density at radius 1 is 1.32 bits per heavy atom. The standard InChI is InChI=1S/C12H8BrF4NO/c13-6-3-7(14)9-8(4-6)18(5-12(15,16)17)10(19)11(9)1-2-11/h3-4H,1-2,5H2. The summed E-state index contributed by atoms with van der Waals surface area (Å²) in [6.07, 6.45) is -3.69. The van der Waals surface area contributed by atoms with E-state index in [9.17, 15) is 22.4 Å². The van der Waals surface area contributed by atoms with Crippen LogP contribution < -0.4 is 4.90 Å². The zero-order valence-corrected chi connectivity index (χ0v) is 11.1. The van der Waals surface area contributed by atoms with Crippen molar-refractivity contribution in [1.82, 2.24) is 0 Å². The summed E-state index contributed by atoms with van der Waals surface area (Å²) in [5.74, 6) is -1.27. The fourth-order valence-electron chi connectivity index (χ4n) is 2.65. The highest BCUT2D eigenvalue weighted by atomic mass is 79.9. The maximum atomic E-state index is 14.0. The van der Waals surface area contributed by atoms with E-state index in [2.05, 4.69) is 15.9 Å². The van der Waals surface area contributed by atoms with Crippen molar-refractivity contribution in [2.24, 2.45) is 0 Å².